The standard InChI is InChI=1S/C14H18N4O/c1-14(2)6-11-10(12(19)7-14)4-5-18(11)8-13-16-15-9-17(13)3/h4-5,9H,6-8H2,1-3H3. The van der Waals surface area contributed by atoms with Gasteiger partial charge in [-0.2, -0.15) is 0 Å². The Hall–Kier alpha value is -1.91. The van der Waals surface area contributed by atoms with Crippen molar-refractivity contribution in [2.24, 2.45) is 12.5 Å². The molecule has 100 valence electrons. The Morgan fingerprint density at radius 2 is 2.16 bits per heavy atom. The van der Waals surface area contributed by atoms with Crippen LogP contribution in [0.5, 0.6) is 0 Å². The molecular formula is C14H18N4O. The molecule has 1 aliphatic carbocycles. The third-order valence-electron chi connectivity index (χ3n) is 3.78. The fourth-order valence-electron chi connectivity index (χ4n) is 2.75. The molecule has 0 fully saturated rings. The van der Waals surface area contributed by atoms with E-state index in [1.165, 1.54) is 0 Å². The number of fused-ring (bicyclic) bond motifs is 1. The van der Waals surface area contributed by atoms with E-state index in [0.717, 1.165) is 23.5 Å². The van der Waals surface area contributed by atoms with Crippen molar-refractivity contribution in [3.63, 3.8) is 0 Å². The van der Waals surface area contributed by atoms with E-state index in [9.17, 15) is 4.79 Å². The highest BCUT2D eigenvalue weighted by Crippen LogP contribution is 2.35. The number of aryl methyl sites for hydroxylation is 1. The zero-order valence-electron chi connectivity index (χ0n) is 11.6. The first-order valence-electron chi connectivity index (χ1n) is 6.50. The predicted molar refractivity (Wildman–Crippen MR) is 71.0 cm³/mol. The van der Waals surface area contributed by atoms with Crippen LogP contribution in [0.25, 0.3) is 0 Å². The van der Waals surface area contributed by atoms with Crippen LogP contribution in [0.3, 0.4) is 0 Å². The Kier molecular flexibility index (Phi) is 2.59. The minimum Gasteiger partial charge on any atom is -0.343 e. The van der Waals surface area contributed by atoms with Gasteiger partial charge in [0, 0.05) is 30.9 Å². The third-order valence-corrected chi connectivity index (χ3v) is 3.78. The van der Waals surface area contributed by atoms with Crippen LogP contribution in [0.15, 0.2) is 18.6 Å². The van der Waals surface area contributed by atoms with Crippen LogP contribution in [0.1, 0.15) is 42.1 Å². The molecule has 19 heavy (non-hydrogen) atoms. The lowest BCUT2D eigenvalue weighted by Crippen LogP contribution is -2.28. The number of aromatic nitrogens is 4. The lowest BCUT2D eigenvalue weighted by atomic mass is 9.76. The van der Waals surface area contributed by atoms with Crippen molar-refractivity contribution in [1.82, 2.24) is 19.3 Å². The molecule has 3 rings (SSSR count). The molecule has 0 radical (unpaired) electrons. The van der Waals surface area contributed by atoms with Crippen LogP contribution in [0, 0.1) is 5.41 Å². The van der Waals surface area contributed by atoms with Crippen molar-refractivity contribution in [1.29, 1.82) is 0 Å². The molecule has 0 unspecified atom stereocenters. The van der Waals surface area contributed by atoms with Crippen LogP contribution >= 0.6 is 0 Å². The first kappa shape index (κ1) is 12.1. The van der Waals surface area contributed by atoms with Gasteiger partial charge in [-0.15, -0.1) is 10.2 Å². The van der Waals surface area contributed by atoms with Crippen LogP contribution in [0.4, 0.5) is 0 Å². The van der Waals surface area contributed by atoms with Crippen molar-refractivity contribution >= 4 is 5.78 Å². The number of rotatable bonds is 2. The lowest BCUT2D eigenvalue weighted by molar-refractivity contribution is 0.0910. The average molecular weight is 258 g/mol. The van der Waals surface area contributed by atoms with Crippen molar-refractivity contribution in [3.05, 3.63) is 35.7 Å². The van der Waals surface area contributed by atoms with E-state index in [1.807, 2.05) is 23.9 Å². The van der Waals surface area contributed by atoms with Crippen molar-refractivity contribution < 1.29 is 4.79 Å². The number of carbonyl (C=O) groups excluding carboxylic acids is 1. The van der Waals surface area contributed by atoms with Crippen molar-refractivity contribution in [2.75, 3.05) is 0 Å². The molecular weight excluding hydrogens is 240 g/mol. The van der Waals surface area contributed by atoms with Crippen molar-refractivity contribution in [3.8, 4) is 0 Å². The second-order valence-electron chi connectivity index (χ2n) is 6.10. The Morgan fingerprint density at radius 1 is 1.37 bits per heavy atom. The van der Waals surface area contributed by atoms with E-state index in [0.29, 0.717) is 13.0 Å². The Morgan fingerprint density at radius 3 is 2.84 bits per heavy atom. The van der Waals surface area contributed by atoms with Gasteiger partial charge in [-0.05, 0) is 17.9 Å². The zero-order valence-corrected chi connectivity index (χ0v) is 11.6. The van der Waals surface area contributed by atoms with Gasteiger partial charge in [0.25, 0.3) is 0 Å². The van der Waals surface area contributed by atoms with Gasteiger partial charge in [-0.1, -0.05) is 13.8 Å². The maximum atomic E-state index is 12.1. The smallest absolute Gasteiger partial charge is 0.165 e. The minimum absolute atomic E-state index is 0.0417. The Bertz CT molecular complexity index is 636. The molecule has 1 aliphatic rings. The van der Waals surface area contributed by atoms with E-state index in [1.54, 1.807) is 6.33 Å². The highest BCUT2D eigenvalue weighted by Gasteiger charge is 2.33. The molecule has 2 heterocycles. The third kappa shape index (κ3) is 2.09. The highest BCUT2D eigenvalue weighted by atomic mass is 16.1. The summed E-state index contributed by atoms with van der Waals surface area (Å²) in [4.78, 5) is 12.1. The number of ketones is 1. The predicted octanol–water partition coefficient (Wildman–Crippen LogP) is 1.82. The van der Waals surface area contributed by atoms with Crippen LogP contribution in [-0.4, -0.2) is 25.1 Å². The van der Waals surface area contributed by atoms with Gasteiger partial charge in [-0.25, -0.2) is 0 Å². The number of carbonyl (C=O) groups is 1. The van der Waals surface area contributed by atoms with Crippen LogP contribution in [-0.2, 0) is 20.0 Å². The Balaban J connectivity index is 1.97. The van der Waals surface area contributed by atoms with Crippen molar-refractivity contribution in [2.45, 2.75) is 33.2 Å². The van der Waals surface area contributed by atoms with Crippen LogP contribution < -0.4 is 0 Å². The van der Waals surface area contributed by atoms with E-state index in [-0.39, 0.29) is 11.2 Å². The largest absolute Gasteiger partial charge is 0.343 e. The molecule has 0 N–H and O–H groups in total. The van der Waals surface area contributed by atoms with Gasteiger partial charge >= 0.3 is 0 Å². The summed E-state index contributed by atoms with van der Waals surface area (Å²) in [6.07, 6.45) is 5.24. The first-order chi connectivity index (χ1) is 8.96. The summed E-state index contributed by atoms with van der Waals surface area (Å²) in [7, 11) is 1.93. The fraction of sp³-hybridized carbons (Fsp3) is 0.500. The van der Waals surface area contributed by atoms with Gasteiger partial charge in [0.2, 0.25) is 0 Å². The minimum atomic E-state index is 0.0417. The molecule has 5 nitrogen and oxygen atoms in total. The summed E-state index contributed by atoms with van der Waals surface area (Å²) in [5.74, 6) is 1.15. The molecule has 0 atom stereocenters. The van der Waals surface area contributed by atoms with Crippen LogP contribution in [0.2, 0.25) is 0 Å². The number of hydrogen-bond acceptors (Lipinski definition) is 3. The molecule has 0 saturated carbocycles. The highest BCUT2D eigenvalue weighted by molar-refractivity contribution is 5.98. The second kappa shape index (κ2) is 4.05. The molecule has 0 spiro atoms. The summed E-state index contributed by atoms with van der Waals surface area (Å²) in [5, 5.41) is 7.99. The monoisotopic (exact) mass is 258 g/mol. The molecule has 2 aromatic heterocycles. The molecule has 0 bridgehead atoms. The van der Waals surface area contributed by atoms with Gasteiger partial charge in [0.1, 0.15) is 6.33 Å². The molecule has 2 aromatic rings. The number of nitrogens with zero attached hydrogens (tertiary/aromatic N) is 4. The maximum Gasteiger partial charge on any atom is 0.165 e. The Labute approximate surface area is 112 Å². The molecule has 0 amide bonds. The summed E-state index contributed by atoms with van der Waals surface area (Å²) in [6, 6.07) is 1.93. The van der Waals surface area contributed by atoms with E-state index >= 15 is 0 Å². The summed E-state index contributed by atoms with van der Waals surface area (Å²) in [5.41, 5.74) is 2.05. The lowest BCUT2D eigenvalue weighted by Gasteiger charge is -2.29. The fourth-order valence-corrected chi connectivity index (χ4v) is 2.75. The summed E-state index contributed by atoms with van der Waals surface area (Å²) in [6.45, 7) is 4.95. The van der Waals surface area contributed by atoms with E-state index in [2.05, 4.69) is 28.6 Å². The van der Waals surface area contributed by atoms with Gasteiger partial charge in [-0.3, -0.25) is 4.79 Å². The molecule has 0 saturated heterocycles. The number of Topliss-reactive ketones (excluding diaryl/α,β-unsaturated/α-hetero) is 1. The SMILES string of the molecule is Cn1cnnc1Cn1ccc2c1CC(C)(C)CC2=O. The molecule has 0 aliphatic heterocycles. The van der Waals surface area contributed by atoms with E-state index in [4.69, 9.17) is 0 Å². The zero-order chi connectivity index (χ0) is 13.6. The second-order valence-corrected chi connectivity index (χ2v) is 6.10. The average Bonchev–Trinajstić information content (AvgIpc) is 2.87. The summed E-state index contributed by atoms with van der Waals surface area (Å²) < 4.78 is 4.03. The topological polar surface area (TPSA) is 52.7 Å². The normalized spacial score (nSPS) is 17.5. The quantitative estimate of drug-likeness (QED) is 0.825. The molecule has 5 heteroatoms. The van der Waals surface area contributed by atoms with E-state index < -0.39 is 0 Å². The van der Waals surface area contributed by atoms with Gasteiger partial charge in [0.15, 0.2) is 11.6 Å². The molecule has 0 aromatic carbocycles. The van der Waals surface area contributed by atoms with Gasteiger partial charge in [0.05, 0.1) is 6.54 Å². The summed E-state index contributed by atoms with van der Waals surface area (Å²) >= 11 is 0. The first-order valence-corrected chi connectivity index (χ1v) is 6.50. The number of hydrogen-bond donors (Lipinski definition) is 0. The maximum absolute atomic E-state index is 12.1. The van der Waals surface area contributed by atoms with Gasteiger partial charge < -0.3 is 9.13 Å².